The fourth-order valence-corrected chi connectivity index (χ4v) is 2.42. The molecule has 0 bridgehead atoms. The molecule has 8 heteroatoms. The average Bonchev–Trinajstić information content (AvgIpc) is 2.61. The average molecular weight is 350 g/mol. The van der Waals surface area contributed by atoms with Crippen molar-refractivity contribution >= 4 is 23.2 Å². The molecule has 0 spiro atoms. The van der Waals surface area contributed by atoms with Gasteiger partial charge in [0.25, 0.3) is 11.8 Å². The van der Waals surface area contributed by atoms with Gasteiger partial charge in [-0.05, 0) is 36.4 Å². The van der Waals surface area contributed by atoms with E-state index >= 15 is 0 Å². The third-order valence-electron chi connectivity index (χ3n) is 3.70. The summed E-state index contributed by atoms with van der Waals surface area (Å²) in [5, 5.41) is 2.39. The molecule has 5 nitrogen and oxygen atoms in total. The van der Waals surface area contributed by atoms with Gasteiger partial charge in [-0.3, -0.25) is 9.59 Å². The van der Waals surface area contributed by atoms with Crippen LogP contribution in [-0.2, 0) is 9.53 Å². The lowest BCUT2D eigenvalue weighted by Crippen LogP contribution is -2.41. The molecular weight excluding hydrogens is 337 g/mol. The van der Waals surface area contributed by atoms with Crippen molar-refractivity contribution in [1.29, 1.82) is 0 Å². The third-order valence-corrected chi connectivity index (χ3v) is 3.70. The van der Waals surface area contributed by atoms with Crippen LogP contribution < -0.4 is 10.2 Å². The van der Waals surface area contributed by atoms with Gasteiger partial charge in [0.05, 0.1) is 12.2 Å². The van der Waals surface area contributed by atoms with E-state index in [-0.39, 0.29) is 12.5 Å². The van der Waals surface area contributed by atoms with Crippen molar-refractivity contribution < 1.29 is 27.5 Å². The number of hydrogen-bond acceptors (Lipinski definition) is 3. The van der Waals surface area contributed by atoms with Crippen LogP contribution in [0.1, 0.15) is 10.4 Å². The number of anilines is 2. The Bertz CT molecular complexity index is 825. The van der Waals surface area contributed by atoms with Crippen molar-refractivity contribution in [2.75, 3.05) is 30.0 Å². The number of carbonyl (C=O) groups excluding carboxylic acids is 2. The molecule has 0 saturated carbocycles. The lowest BCUT2D eigenvalue weighted by molar-refractivity contribution is -0.125. The molecule has 1 saturated heterocycles. The van der Waals surface area contributed by atoms with E-state index in [2.05, 4.69) is 5.32 Å². The Morgan fingerprint density at radius 1 is 1.04 bits per heavy atom. The standard InChI is InChI=1S/C17H13F3N2O3/c18-13-6-5-12(15(19)16(13)20)17(24)21-10-1-3-11(4-2-10)22-7-8-25-9-14(22)23/h1-6H,7-9H2,(H,21,24). The molecule has 1 fully saturated rings. The summed E-state index contributed by atoms with van der Waals surface area (Å²) in [6, 6.07) is 7.81. The molecular formula is C17H13F3N2O3. The second-order valence-corrected chi connectivity index (χ2v) is 5.32. The minimum Gasteiger partial charge on any atom is -0.370 e. The van der Waals surface area contributed by atoms with Crippen LogP contribution >= 0.6 is 0 Å². The molecule has 0 atom stereocenters. The smallest absolute Gasteiger partial charge is 0.258 e. The minimum atomic E-state index is -1.70. The van der Waals surface area contributed by atoms with Crippen LogP contribution in [0.5, 0.6) is 0 Å². The molecule has 0 aromatic heterocycles. The summed E-state index contributed by atoms with van der Waals surface area (Å²) in [5.41, 5.74) is 0.343. The van der Waals surface area contributed by atoms with Crippen molar-refractivity contribution in [1.82, 2.24) is 0 Å². The zero-order chi connectivity index (χ0) is 18.0. The zero-order valence-corrected chi connectivity index (χ0v) is 12.9. The first-order valence-corrected chi connectivity index (χ1v) is 7.40. The Morgan fingerprint density at radius 2 is 1.76 bits per heavy atom. The van der Waals surface area contributed by atoms with Crippen LogP contribution in [0.25, 0.3) is 0 Å². The van der Waals surface area contributed by atoms with E-state index in [1.165, 1.54) is 12.1 Å². The van der Waals surface area contributed by atoms with E-state index in [1.807, 2.05) is 0 Å². The van der Waals surface area contributed by atoms with Gasteiger partial charge in [0.15, 0.2) is 17.5 Å². The quantitative estimate of drug-likeness (QED) is 0.866. The third kappa shape index (κ3) is 3.48. The van der Waals surface area contributed by atoms with Gasteiger partial charge in [0, 0.05) is 17.9 Å². The molecule has 1 N–H and O–H groups in total. The van der Waals surface area contributed by atoms with Gasteiger partial charge in [-0.1, -0.05) is 0 Å². The van der Waals surface area contributed by atoms with Gasteiger partial charge in [0.2, 0.25) is 0 Å². The molecule has 2 aromatic carbocycles. The Labute approximate surface area is 141 Å². The molecule has 3 rings (SSSR count). The lowest BCUT2D eigenvalue weighted by atomic mass is 10.1. The lowest BCUT2D eigenvalue weighted by Gasteiger charge is -2.26. The molecule has 0 unspecified atom stereocenters. The van der Waals surface area contributed by atoms with E-state index in [4.69, 9.17) is 4.74 Å². The molecule has 2 amide bonds. The van der Waals surface area contributed by atoms with Crippen LogP contribution in [0.2, 0.25) is 0 Å². The zero-order valence-electron chi connectivity index (χ0n) is 12.9. The maximum atomic E-state index is 13.6. The minimum absolute atomic E-state index is 0.00783. The number of hydrogen-bond donors (Lipinski definition) is 1. The van der Waals surface area contributed by atoms with Gasteiger partial charge >= 0.3 is 0 Å². The Kier molecular flexibility index (Phi) is 4.71. The monoisotopic (exact) mass is 350 g/mol. The summed E-state index contributed by atoms with van der Waals surface area (Å²) in [6.07, 6.45) is 0. The van der Waals surface area contributed by atoms with Gasteiger partial charge in [-0.15, -0.1) is 0 Å². The largest absolute Gasteiger partial charge is 0.370 e. The first kappa shape index (κ1) is 17.0. The molecule has 0 aliphatic carbocycles. The second-order valence-electron chi connectivity index (χ2n) is 5.32. The highest BCUT2D eigenvalue weighted by Crippen LogP contribution is 2.21. The predicted molar refractivity (Wildman–Crippen MR) is 83.9 cm³/mol. The summed E-state index contributed by atoms with van der Waals surface area (Å²) < 4.78 is 44.8. The summed E-state index contributed by atoms with van der Waals surface area (Å²) in [7, 11) is 0. The number of nitrogens with zero attached hydrogens (tertiary/aromatic N) is 1. The van der Waals surface area contributed by atoms with Crippen molar-refractivity contribution in [3.8, 4) is 0 Å². The first-order chi connectivity index (χ1) is 12.0. The van der Waals surface area contributed by atoms with Gasteiger partial charge in [-0.25, -0.2) is 13.2 Å². The molecule has 1 heterocycles. The SMILES string of the molecule is O=C(Nc1ccc(N2CCOCC2=O)cc1)c1ccc(F)c(F)c1F. The summed E-state index contributed by atoms with van der Waals surface area (Å²) in [4.78, 5) is 25.3. The Morgan fingerprint density at radius 3 is 2.44 bits per heavy atom. The Hall–Kier alpha value is -2.87. The van der Waals surface area contributed by atoms with Gasteiger partial charge in [-0.2, -0.15) is 0 Å². The fourth-order valence-electron chi connectivity index (χ4n) is 2.42. The Balaban J connectivity index is 1.74. The number of rotatable bonds is 3. The number of amides is 2. The van der Waals surface area contributed by atoms with Crippen LogP contribution in [0.3, 0.4) is 0 Å². The van der Waals surface area contributed by atoms with E-state index in [9.17, 15) is 22.8 Å². The maximum absolute atomic E-state index is 13.6. The normalized spacial score (nSPS) is 14.5. The van der Waals surface area contributed by atoms with Crippen molar-refractivity contribution in [2.45, 2.75) is 0 Å². The highest BCUT2D eigenvalue weighted by atomic mass is 19.2. The number of nitrogens with one attached hydrogen (secondary N) is 1. The van der Waals surface area contributed by atoms with Gasteiger partial charge in [0.1, 0.15) is 6.61 Å². The number of morpholine rings is 1. The topological polar surface area (TPSA) is 58.6 Å². The van der Waals surface area contributed by atoms with Crippen molar-refractivity contribution in [3.63, 3.8) is 0 Å². The molecule has 2 aromatic rings. The molecule has 130 valence electrons. The van der Waals surface area contributed by atoms with Gasteiger partial charge < -0.3 is 15.0 Å². The van der Waals surface area contributed by atoms with Crippen molar-refractivity contribution in [2.24, 2.45) is 0 Å². The van der Waals surface area contributed by atoms with E-state index in [0.717, 1.165) is 6.07 Å². The summed E-state index contributed by atoms with van der Waals surface area (Å²) in [5.74, 6) is -5.70. The number of carbonyl (C=O) groups is 2. The van der Waals surface area contributed by atoms with E-state index in [0.29, 0.717) is 30.6 Å². The van der Waals surface area contributed by atoms with Crippen LogP contribution in [-0.4, -0.2) is 31.6 Å². The first-order valence-electron chi connectivity index (χ1n) is 7.40. The maximum Gasteiger partial charge on any atom is 0.258 e. The predicted octanol–water partition coefficient (Wildman–Crippen LogP) is 2.72. The second kappa shape index (κ2) is 6.94. The summed E-state index contributed by atoms with van der Waals surface area (Å²) >= 11 is 0. The fraction of sp³-hybridized carbons (Fsp3) is 0.176. The molecule has 1 aliphatic rings. The van der Waals surface area contributed by atoms with Crippen molar-refractivity contribution in [3.05, 3.63) is 59.4 Å². The number of benzene rings is 2. The van der Waals surface area contributed by atoms with Crippen LogP contribution in [0.15, 0.2) is 36.4 Å². The number of halogens is 3. The van der Waals surface area contributed by atoms with Crippen LogP contribution in [0.4, 0.5) is 24.5 Å². The highest BCUT2D eigenvalue weighted by molar-refractivity contribution is 6.04. The molecule has 1 aliphatic heterocycles. The van der Waals surface area contributed by atoms with E-state index < -0.39 is 28.9 Å². The molecule has 25 heavy (non-hydrogen) atoms. The summed E-state index contributed by atoms with van der Waals surface area (Å²) in [6.45, 7) is 0.859. The van der Waals surface area contributed by atoms with E-state index in [1.54, 1.807) is 17.0 Å². The van der Waals surface area contributed by atoms with Crippen LogP contribution in [0, 0.1) is 17.5 Å². The number of ether oxygens (including phenoxy) is 1. The molecule has 0 radical (unpaired) electrons. The highest BCUT2D eigenvalue weighted by Gasteiger charge is 2.21.